The molecule has 6 nitrogen and oxygen atoms in total. The van der Waals surface area contributed by atoms with Crippen molar-refractivity contribution < 1.29 is 4.79 Å². The smallest absolute Gasteiger partial charge is 0.276 e. The summed E-state index contributed by atoms with van der Waals surface area (Å²) in [6, 6.07) is 8.38. The van der Waals surface area contributed by atoms with E-state index in [0.29, 0.717) is 5.69 Å². The first-order chi connectivity index (χ1) is 12.4. The van der Waals surface area contributed by atoms with Crippen LogP contribution in [0, 0.1) is 0 Å². The van der Waals surface area contributed by atoms with Gasteiger partial charge in [0.1, 0.15) is 0 Å². The van der Waals surface area contributed by atoms with Crippen LogP contribution >= 0.6 is 0 Å². The van der Waals surface area contributed by atoms with Crippen LogP contribution in [0.5, 0.6) is 0 Å². The number of piperazine rings is 1. The number of nitrogens with zero attached hydrogens (tertiary/aromatic N) is 4. The van der Waals surface area contributed by atoms with Crippen molar-refractivity contribution in [3.05, 3.63) is 41.2 Å². The minimum Gasteiger partial charge on any atom is -0.335 e. The van der Waals surface area contributed by atoms with Crippen molar-refractivity contribution in [3.8, 4) is 5.69 Å². The van der Waals surface area contributed by atoms with E-state index in [1.54, 1.807) is 0 Å². The molecule has 1 aliphatic rings. The van der Waals surface area contributed by atoms with E-state index in [0.717, 1.165) is 50.4 Å². The molecule has 3 rings (SSSR count). The molecule has 1 amide bonds. The minimum absolute atomic E-state index is 0.00693. The minimum atomic E-state index is -0.00693. The van der Waals surface area contributed by atoms with Crippen molar-refractivity contribution in [1.29, 1.82) is 0 Å². The second kappa shape index (κ2) is 7.58. The van der Waals surface area contributed by atoms with E-state index < -0.39 is 0 Å². The van der Waals surface area contributed by atoms with Crippen LogP contribution in [0.15, 0.2) is 24.3 Å². The van der Waals surface area contributed by atoms with Gasteiger partial charge >= 0.3 is 0 Å². The number of rotatable bonds is 4. The monoisotopic (exact) mass is 355 g/mol. The summed E-state index contributed by atoms with van der Waals surface area (Å²) in [5.41, 5.74) is 3.73. The molecule has 0 atom stereocenters. The summed E-state index contributed by atoms with van der Waals surface area (Å²) in [6.07, 6.45) is 1.72. The molecule has 1 aliphatic heterocycles. The van der Waals surface area contributed by atoms with Crippen molar-refractivity contribution in [1.82, 2.24) is 25.2 Å². The van der Waals surface area contributed by atoms with Crippen LogP contribution < -0.4 is 5.32 Å². The summed E-state index contributed by atoms with van der Waals surface area (Å²) in [6.45, 7) is 11.8. The lowest BCUT2D eigenvalue weighted by Gasteiger charge is -2.26. The first-order valence-corrected chi connectivity index (χ1v) is 9.47. The van der Waals surface area contributed by atoms with Gasteiger partial charge in [-0.1, -0.05) is 51.5 Å². The molecular weight excluding hydrogens is 326 g/mol. The average Bonchev–Trinajstić information content (AvgIpc) is 3.05. The predicted octanol–water partition coefficient (Wildman–Crippen LogP) is 2.56. The van der Waals surface area contributed by atoms with Gasteiger partial charge in [0, 0.05) is 26.2 Å². The maximum absolute atomic E-state index is 12.9. The van der Waals surface area contributed by atoms with Crippen LogP contribution in [0.25, 0.3) is 5.69 Å². The molecule has 0 bridgehead atoms. The zero-order chi connectivity index (χ0) is 18.7. The fourth-order valence-electron chi connectivity index (χ4n) is 3.26. The Kier molecular flexibility index (Phi) is 5.41. The molecule has 26 heavy (non-hydrogen) atoms. The topological polar surface area (TPSA) is 63.1 Å². The van der Waals surface area contributed by atoms with Gasteiger partial charge in [-0.2, -0.15) is 0 Å². The second-order valence-corrected chi connectivity index (χ2v) is 7.89. The van der Waals surface area contributed by atoms with Crippen molar-refractivity contribution in [2.24, 2.45) is 0 Å². The van der Waals surface area contributed by atoms with Crippen LogP contribution in [0.3, 0.4) is 0 Å². The maximum atomic E-state index is 12.9. The Bertz CT molecular complexity index is 751. The van der Waals surface area contributed by atoms with Crippen LogP contribution in [0.2, 0.25) is 0 Å². The van der Waals surface area contributed by atoms with E-state index in [9.17, 15) is 4.79 Å². The molecule has 0 aliphatic carbocycles. The summed E-state index contributed by atoms with van der Waals surface area (Å²) in [5.74, 6) is -0.00693. The zero-order valence-electron chi connectivity index (χ0n) is 16.2. The second-order valence-electron chi connectivity index (χ2n) is 7.89. The predicted molar refractivity (Wildman–Crippen MR) is 103 cm³/mol. The molecule has 0 unspecified atom stereocenters. The Morgan fingerprint density at radius 2 is 1.81 bits per heavy atom. The third-order valence-corrected chi connectivity index (χ3v) is 4.83. The number of benzene rings is 1. The number of amides is 1. The highest BCUT2D eigenvalue weighted by Crippen LogP contribution is 2.24. The summed E-state index contributed by atoms with van der Waals surface area (Å²) < 4.78 is 1.82. The highest BCUT2D eigenvalue weighted by Gasteiger charge is 2.25. The fourth-order valence-corrected chi connectivity index (χ4v) is 3.26. The Morgan fingerprint density at radius 3 is 2.38 bits per heavy atom. The molecule has 140 valence electrons. The molecule has 1 aromatic heterocycles. The third kappa shape index (κ3) is 3.80. The number of nitrogens with one attached hydrogen (secondary N) is 1. The van der Waals surface area contributed by atoms with Gasteiger partial charge in [0.2, 0.25) is 0 Å². The zero-order valence-corrected chi connectivity index (χ0v) is 16.2. The highest BCUT2D eigenvalue weighted by molar-refractivity contribution is 5.93. The molecular formula is C20H29N5O. The summed E-state index contributed by atoms with van der Waals surface area (Å²) in [4.78, 5) is 14.8. The number of hydrogen-bond donors (Lipinski definition) is 1. The molecule has 0 radical (unpaired) electrons. The van der Waals surface area contributed by atoms with Crippen LogP contribution in [0.4, 0.5) is 0 Å². The molecule has 2 aromatic rings. The lowest BCUT2D eigenvalue weighted by atomic mass is 9.87. The number of aromatic nitrogens is 3. The Labute approximate surface area is 155 Å². The van der Waals surface area contributed by atoms with Gasteiger partial charge in [0.15, 0.2) is 5.69 Å². The Hall–Kier alpha value is -2.21. The average molecular weight is 355 g/mol. The molecule has 1 saturated heterocycles. The quantitative estimate of drug-likeness (QED) is 0.916. The summed E-state index contributed by atoms with van der Waals surface area (Å²) >= 11 is 0. The van der Waals surface area contributed by atoms with Crippen molar-refractivity contribution in [2.75, 3.05) is 26.2 Å². The van der Waals surface area contributed by atoms with Crippen LogP contribution in [-0.4, -0.2) is 52.0 Å². The Morgan fingerprint density at radius 1 is 1.15 bits per heavy atom. The van der Waals surface area contributed by atoms with Crippen LogP contribution in [0.1, 0.15) is 55.9 Å². The standard InChI is InChI=1S/C20H29N5O/c1-5-6-17-18(19(26)24-13-11-21-12-14-24)22-23-25(17)16-9-7-15(8-10-16)20(2,3)4/h7-10,21H,5-6,11-14H2,1-4H3. The van der Waals surface area contributed by atoms with Crippen molar-refractivity contribution in [2.45, 2.75) is 46.0 Å². The van der Waals surface area contributed by atoms with Gasteiger partial charge < -0.3 is 10.2 Å². The van der Waals surface area contributed by atoms with Crippen molar-refractivity contribution >= 4 is 5.91 Å². The van der Waals surface area contributed by atoms with Crippen LogP contribution in [-0.2, 0) is 11.8 Å². The lowest BCUT2D eigenvalue weighted by molar-refractivity contribution is 0.0728. The van der Waals surface area contributed by atoms with Gasteiger partial charge in [-0.05, 0) is 29.5 Å². The van der Waals surface area contributed by atoms with E-state index in [1.165, 1.54) is 5.56 Å². The molecule has 1 aromatic carbocycles. The number of hydrogen-bond acceptors (Lipinski definition) is 4. The van der Waals surface area contributed by atoms with Gasteiger partial charge in [0.05, 0.1) is 11.4 Å². The maximum Gasteiger partial charge on any atom is 0.276 e. The molecule has 1 fully saturated rings. The van der Waals surface area contributed by atoms with Gasteiger partial charge in [-0.15, -0.1) is 5.10 Å². The van der Waals surface area contributed by atoms with E-state index in [2.05, 4.69) is 67.6 Å². The molecule has 6 heteroatoms. The lowest BCUT2D eigenvalue weighted by Crippen LogP contribution is -2.46. The third-order valence-electron chi connectivity index (χ3n) is 4.83. The Balaban J connectivity index is 1.93. The summed E-state index contributed by atoms with van der Waals surface area (Å²) in [5, 5.41) is 11.8. The van der Waals surface area contributed by atoms with Gasteiger partial charge in [-0.3, -0.25) is 4.79 Å². The van der Waals surface area contributed by atoms with Gasteiger partial charge in [0.25, 0.3) is 5.91 Å². The van der Waals surface area contributed by atoms with E-state index in [-0.39, 0.29) is 11.3 Å². The summed E-state index contributed by atoms with van der Waals surface area (Å²) in [7, 11) is 0. The van der Waals surface area contributed by atoms with E-state index in [1.807, 2.05) is 9.58 Å². The van der Waals surface area contributed by atoms with E-state index in [4.69, 9.17) is 0 Å². The first-order valence-electron chi connectivity index (χ1n) is 9.47. The van der Waals surface area contributed by atoms with Gasteiger partial charge in [-0.25, -0.2) is 4.68 Å². The highest BCUT2D eigenvalue weighted by atomic mass is 16.2. The van der Waals surface area contributed by atoms with E-state index >= 15 is 0 Å². The number of carbonyl (C=O) groups is 1. The molecule has 0 saturated carbocycles. The molecule has 2 heterocycles. The SMILES string of the molecule is CCCc1c(C(=O)N2CCNCC2)nnn1-c1ccc(C(C)(C)C)cc1. The fraction of sp³-hybridized carbons (Fsp3) is 0.550. The molecule has 1 N–H and O–H groups in total. The normalized spacial score (nSPS) is 15.3. The number of carbonyl (C=O) groups excluding carboxylic acids is 1. The van der Waals surface area contributed by atoms with Crippen molar-refractivity contribution in [3.63, 3.8) is 0 Å². The molecule has 0 spiro atoms. The largest absolute Gasteiger partial charge is 0.335 e. The first kappa shape index (κ1) is 18.6.